The number of urea groups is 1. The van der Waals surface area contributed by atoms with E-state index in [-0.39, 0.29) is 12.0 Å². The summed E-state index contributed by atoms with van der Waals surface area (Å²) in [5, 5.41) is 6.05. The summed E-state index contributed by atoms with van der Waals surface area (Å²) < 4.78 is 6.28. The van der Waals surface area contributed by atoms with Crippen molar-refractivity contribution in [3.8, 4) is 11.1 Å². The number of benzene rings is 1. The predicted molar refractivity (Wildman–Crippen MR) is 134 cm³/mol. The molecule has 4 rings (SSSR count). The minimum atomic E-state index is -0.447. The average molecular weight is 483 g/mol. The first-order chi connectivity index (χ1) is 16.3. The van der Waals surface area contributed by atoms with Gasteiger partial charge in [-0.2, -0.15) is 0 Å². The monoisotopic (exact) mass is 482 g/mol. The Morgan fingerprint density at radius 1 is 1.15 bits per heavy atom. The number of thiazole rings is 1. The molecule has 0 spiro atoms. The molecule has 2 amide bonds. The normalized spacial score (nSPS) is 15.2. The number of nitrogens with zero attached hydrogens (tertiary/aromatic N) is 4. The van der Waals surface area contributed by atoms with E-state index in [0.717, 1.165) is 26.9 Å². The summed E-state index contributed by atoms with van der Waals surface area (Å²) in [6.07, 6.45) is 5.07. The summed E-state index contributed by atoms with van der Waals surface area (Å²) in [6, 6.07) is 3.82. The van der Waals surface area contributed by atoms with Gasteiger partial charge < -0.3 is 15.0 Å². The minimum absolute atomic E-state index is 0.122. The molecule has 0 aliphatic carbocycles. The minimum Gasteiger partial charge on any atom is -0.466 e. The van der Waals surface area contributed by atoms with Crippen LogP contribution < -0.4 is 15.5 Å². The Morgan fingerprint density at radius 3 is 2.50 bits per heavy atom. The molecule has 1 aliphatic rings. The molecular weight excluding hydrogens is 452 g/mol. The molecule has 3 aromatic rings. The third kappa shape index (κ3) is 4.96. The van der Waals surface area contributed by atoms with Gasteiger partial charge in [-0.3, -0.25) is 10.1 Å². The molecule has 0 radical (unpaired) electrons. The highest BCUT2D eigenvalue weighted by molar-refractivity contribution is 7.22. The van der Waals surface area contributed by atoms with Gasteiger partial charge in [0.05, 0.1) is 22.2 Å². The van der Waals surface area contributed by atoms with E-state index in [4.69, 9.17) is 4.74 Å². The van der Waals surface area contributed by atoms with Crippen LogP contribution in [0.15, 0.2) is 24.5 Å². The van der Waals surface area contributed by atoms with Crippen molar-refractivity contribution in [3.63, 3.8) is 0 Å². The molecule has 0 saturated carbocycles. The van der Waals surface area contributed by atoms with Crippen LogP contribution in [0.2, 0.25) is 0 Å². The molecule has 180 valence electrons. The molecule has 2 N–H and O–H groups in total. The second kappa shape index (κ2) is 9.92. The van der Waals surface area contributed by atoms with Gasteiger partial charge in [0, 0.05) is 37.6 Å². The van der Waals surface area contributed by atoms with Crippen LogP contribution in [-0.2, 0) is 9.53 Å². The molecular formula is C24H30N6O3S. The molecule has 1 saturated heterocycles. The predicted octanol–water partition coefficient (Wildman–Crippen LogP) is 4.37. The molecule has 2 aromatic heterocycles. The van der Waals surface area contributed by atoms with Crippen molar-refractivity contribution >= 4 is 44.6 Å². The Bertz CT molecular complexity index is 1190. The summed E-state index contributed by atoms with van der Waals surface area (Å²) in [7, 11) is 0. The first kappa shape index (κ1) is 23.9. The standard InChI is InChI=1S/C24H30N6O3S/c1-5-25-22(32)29-23-28-18-12-16(11-15(3)19(18)34-23)17-13-26-21(27-14-17)30-9-7-24(4,8-10-30)20(31)33-6-2/h11-14H,5-10H2,1-4H3,(H2,25,28,29,32). The van der Waals surface area contributed by atoms with E-state index in [0.29, 0.717) is 50.2 Å². The molecule has 1 aliphatic heterocycles. The highest BCUT2D eigenvalue weighted by Crippen LogP contribution is 2.35. The summed E-state index contributed by atoms with van der Waals surface area (Å²) in [5.74, 6) is 0.539. The van der Waals surface area contributed by atoms with Gasteiger partial charge in [0.2, 0.25) is 5.95 Å². The molecule has 1 aromatic carbocycles. The number of rotatable bonds is 6. The van der Waals surface area contributed by atoms with E-state index < -0.39 is 5.41 Å². The zero-order valence-electron chi connectivity index (χ0n) is 20.0. The summed E-state index contributed by atoms with van der Waals surface area (Å²) in [4.78, 5) is 40.0. The van der Waals surface area contributed by atoms with Crippen LogP contribution in [0.3, 0.4) is 0 Å². The van der Waals surface area contributed by atoms with Crippen molar-refractivity contribution in [3.05, 3.63) is 30.1 Å². The number of piperidine rings is 1. The van der Waals surface area contributed by atoms with E-state index in [2.05, 4.69) is 36.6 Å². The van der Waals surface area contributed by atoms with Gasteiger partial charge in [0.1, 0.15) is 0 Å². The summed E-state index contributed by atoms with van der Waals surface area (Å²) in [5.41, 5.74) is 3.32. The number of anilines is 2. The third-order valence-corrected chi connectivity index (χ3v) is 7.25. The second-order valence-corrected chi connectivity index (χ2v) is 9.68. The van der Waals surface area contributed by atoms with E-state index >= 15 is 0 Å². The van der Waals surface area contributed by atoms with Gasteiger partial charge in [0.15, 0.2) is 5.13 Å². The van der Waals surface area contributed by atoms with Crippen molar-refractivity contribution in [2.24, 2.45) is 5.41 Å². The maximum atomic E-state index is 12.3. The lowest BCUT2D eigenvalue weighted by Crippen LogP contribution is -2.44. The van der Waals surface area contributed by atoms with Crippen LogP contribution in [-0.4, -0.2) is 53.2 Å². The highest BCUT2D eigenvalue weighted by atomic mass is 32.1. The average Bonchev–Trinajstić information content (AvgIpc) is 3.23. The van der Waals surface area contributed by atoms with Crippen LogP contribution in [0.1, 0.15) is 39.2 Å². The van der Waals surface area contributed by atoms with Crippen LogP contribution >= 0.6 is 11.3 Å². The topological polar surface area (TPSA) is 109 Å². The number of carbonyl (C=O) groups excluding carboxylic acids is 2. The highest BCUT2D eigenvalue weighted by Gasteiger charge is 2.38. The molecule has 10 heteroatoms. The molecule has 3 heterocycles. The number of aryl methyl sites for hydroxylation is 1. The third-order valence-electron chi connectivity index (χ3n) is 6.12. The lowest BCUT2D eigenvalue weighted by atomic mass is 9.80. The Balaban J connectivity index is 1.48. The number of aromatic nitrogens is 3. The number of nitrogens with one attached hydrogen (secondary N) is 2. The quantitative estimate of drug-likeness (QED) is 0.502. The largest absolute Gasteiger partial charge is 0.466 e. The molecule has 1 fully saturated rings. The number of ether oxygens (including phenoxy) is 1. The van der Waals surface area contributed by atoms with E-state index in [9.17, 15) is 9.59 Å². The second-order valence-electron chi connectivity index (χ2n) is 8.68. The fourth-order valence-electron chi connectivity index (χ4n) is 4.07. The van der Waals surface area contributed by atoms with Gasteiger partial charge >= 0.3 is 12.0 Å². The number of esters is 1. The molecule has 34 heavy (non-hydrogen) atoms. The first-order valence-corrected chi connectivity index (χ1v) is 12.3. The maximum Gasteiger partial charge on any atom is 0.321 e. The Hall–Kier alpha value is -3.27. The number of fused-ring (bicyclic) bond motifs is 1. The number of hydrogen-bond acceptors (Lipinski definition) is 8. The number of carbonyl (C=O) groups is 2. The van der Waals surface area contributed by atoms with Gasteiger partial charge in [-0.05, 0) is 63.8 Å². The molecule has 0 bridgehead atoms. The van der Waals surface area contributed by atoms with Crippen molar-refractivity contribution < 1.29 is 14.3 Å². The lowest BCUT2D eigenvalue weighted by molar-refractivity contribution is -0.155. The van der Waals surface area contributed by atoms with Crippen LogP contribution in [0, 0.1) is 12.3 Å². The molecule has 9 nitrogen and oxygen atoms in total. The SMILES string of the molecule is CCNC(=O)Nc1nc2cc(-c3cnc(N4CCC(C)(C(=O)OCC)CC4)nc3)cc(C)c2s1. The van der Waals surface area contributed by atoms with Crippen molar-refractivity contribution in [2.45, 2.75) is 40.5 Å². The molecule has 0 unspecified atom stereocenters. The first-order valence-electron chi connectivity index (χ1n) is 11.5. The summed E-state index contributed by atoms with van der Waals surface area (Å²) in [6.45, 7) is 10.1. The zero-order valence-corrected chi connectivity index (χ0v) is 20.8. The van der Waals surface area contributed by atoms with Crippen molar-refractivity contribution in [1.29, 1.82) is 0 Å². The van der Waals surface area contributed by atoms with Gasteiger partial charge in [-0.25, -0.2) is 19.7 Å². The van der Waals surface area contributed by atoms with Crippen molar-refractivity contribution in [2.75, 3.05) is 36.5 Å². The van der Waals surface area contributed by atoms with Gasteiger partial charge in [-0.15, -0.1) is 0 Å². The van der Waals surface area contributed by atoms with E-state index in [1.807, 2.05) is 46.2 Å². The van der Waals surface area contributed by atoms with Gasteiger partial charge in [-0.1, -0.05) is 11.3 Å². The lowest BCUT2D eigenvalue weighted by Gasteiger charge is -2.37. The fourth-order valence-corrected chi connectivity index (χ4v) is 4.98. The van der Waals surface area contributed by atoms with Gasteiger partial charge in [0.25, 0.3) is 0 Å². The van der Waals surface area contributed by atoms with Crippen LogP contribution in [0.4, 0.5) is 15.9 Å². The van der Waals surface area contributed by atoms with Crippen molar-refractivity contribution in [1.82, 2.24) is 20.3 Å². The Morgan fingerprint density at radius 2 is 1.85 bits per heavy atom. The Kier molecular flexibility index (Phi) is 6.97. The fraction of sp³-hybridized carbons (Fsp3) is 0.458. The number of hydrogen-bond donors (Lipinski definition) is 2. The smallest absolute Gasteiger partial charge is 0.321 e. The van der Waals surface area contributed by atoms with Crippen LogP contribution in [0.5, 0.6) is 0 Å². The Labute approximate surface area is 203 Å². The maximum absolute atomic E-state index is 12.3. The number of amides is 2. The van der Waals surface area contributed by atoms with E-state index in [1.54, 1.807) is 0 Å². The summed E-state index contributed by atoms with van der Waals surface area (Å²) >= 11 is 1.45. The molecule has 0 atom stereocenters. The van der Waals surface area contributed by atoms with E-state index in [1.165, 1.54) is 11.3 Å². The van der Waals surface area contributed by atoms with Crippen LogP contribution in [0.25, 0.3) is 21.3 Å². The zero-order chi connectivity index (χ0) is 24.3.